The summed E-state index contributed by atoms with van der Waals surface area (Å²) < 4.78 is 27.7. The molecule has 0 aromatic heterocycles. The Labute approximate surface area is 121 Å². The number of carbonyl (C=O) groups excluding carboxylic acids is 1. The van der Waals surface area contributed by atoms with Gasteiger partial charge in [0.1, 0.15) is 4.75 Å². The van der Waals surface area contributed by atoms with E-state index in [1.54, 1.807) is 4.90 Å². The van der Waals surface area contributed by atoms with Crippen LogP contribution in [0.2, 0.25) is 0 Å². The molecular formula is C13H26N2O4S. The van der Waals surface area contributed by atoms with Crippen molar-refractivity contribution in [2.45, 2.75) is 44.0 Å². The maximum atomic E-state index is 12.3. The Morgan fingerprint density at radius 3 is 2.35 bits per heavy atom. The van der Waals surface area contributed by atoms with Crippen molar-refractivity contribution >= 4 is 15.7 Å². The van der Waals surface area contributed by atoms with Crippen LogP contribution in [0, 0.1) is 0 Å². The van der Waals surface area contributed by atoms with Crippen LogP contribution in [0.1, 0.15) is 33.1 Å². The Hall–Kier alpha value is -0.660. The number of nitrogens with two attached hydrogens (primary N) is 1. The largest absolute Gasteiger partial charge is 0.378 e. The first-order valence-corrected chi connectivity index (χ1v) is 8.90. The van der Waals surface area contributed by atoms with E-state index in [0.717, 1.165) is 25.5 Å². The summed E-state index contributed by atoms with van der Waals surface area (Å²) in [6, 6.07) is 0. The van der Waals surface area contributed by atoms with Crippen molar-refractivity contribution in [3.8, 4) is 0 Å². The van der Waals surface area contributed by atoms with Crippen molar-refractivity contribution in [2.75, 3.05) is 32.5 Å². The van der Waals surface area contributed by atoms with Crippen LogP contribution in [-0.4, -0.2) is 62.6 Å². The third-order valence-corrected chi connectivity index (χ3v) is 5.90. The van der Waals surface area contributed by atoms with E-state index in [-0.39, 0.29) is 12.0 Å². The van der Waals surface area contributed by atoms with Crippen molar-refractivity contribution in [3.63, 3.8) is 0 Å². The summed E-state index contributed by atoms with van der Waals surface area (Å²) in [4.78, 5) is 14.0. The van der Waals surface area contributed by atoms with Gasteiger partial charge in [0.05, 0.1) is 6.10 Å². The second-order valence-electron chi connectivity index (χ2n) is 5.79. The van der Waals surface area contributed by atoms with Gasteiger partial charge in [0.15, 0.2) is 9.84 Å². The van der Waals surface area contributed by atoms with Crippen molar-refractivity contribution < 1.29 is 17.9 Å². The molecule has 1 fully saturated rings. The molecular weight excluding hydrogens is 280 g/mol. The minimum Gasteiger partial charge on any atom is -0.378 e. The Balaban J connectivity index is 2.51. The lowest BCUT2D eigenvalue weighted by Crippen LogP contribution is -2.52. The molecule has 1 amide bonds. The Kier molecular flexibility index (Phi) is 5.97. The van der Waals surface area contributed by atoms with Crippen LogP contribution in [0.15, 0.2) is 0 Å². The molecule has 1 aliphatic heterocycles. The van der Waals surface area contributed by atoms with E-state index in [9.17, 15) is 13.2 Å². The number of hydrogen-bond donors (Lipinski definition) is 1. The summed E-state index contributed by atoms with van der Waals surface area (Å²) in [6.07, 6.45) is 3.58. The van der Waals surface area contributed by atoms with Gasteiger partial charge in [0, 0.05) is 26.0 Å². The van der Waals surface area contributed by atoms with E-state index in [0.29, 0.717) is 26.2 Å². The van der Waals surface area contributed by atoms with E-state index < -0.39 is 14.6 Å². The van der Waals surface area contributed by atoms with Crippen molar-refractivity contribution in [1.29, 1.82) is 0 Å². The predicted octanol–water partition coefficient (Wildman–Crippen LogP) is 0.166. The molecule has 0 radical (unpaired) electrons. The lowest BCUT2D eigenvalue weighted by molar-refractivity contribution is -0.135. The van der Waals surface area contributed by atoms with Crippen LogP contribution in [0.4, 0.5) is 0 Å². The zero-order valence-corrected chi connectivity index (χ0v) is 13.4. The quantitative estimate of drug-likeness (QED) is 0.706. The van der Waals surface area contributed by atoms with Gasteiger partial charge in [-0.2, -0.15) is 0 Å². The summed E-state index contributed by atoms with van der Waals surface area (Å²) in [5.41, 5.74) is 5.40. The molecule has 0 aromatic rings. The molecule has 118 valence electrons. The normalized spacial score (nSPS) is 18.3. The molecule has 6 nitrogen and oxygen atoms in total. The number of ether oxygens (including phenoxy) is 1. The molecule has 1 saturated heterocycles. The summed E-state index contributed by atoms with van der Waals surface area (Å²) >= 11 is 0. The molecule has 1 aliphatic rings. The number of sulfone groups is 1. The van der Waals surface area contributed by atoms with Gasteiger partial charge >= 0.3 is 0 Å². The number of rotatable bonds is 6. The second kappa shape index (κ2) is 6.87. The molecule has 1 heterocycles. The molecule has 0 aliphatic carbocycles. The highest BCUT2D eigenvalue weighted by molar-refractivity contribution is 7.92. The average Bonchev–Trinajstić information content (AvgIpc) is 2.37. The molecule has 0 unspecified atom stereocenters. The fraction of sp³-hybridized carbons (Fsp3) is 0.923. The topological polar surface area (TPSA) is 89.7 Å². The van der Waals surface area contributed by atoms with E-state index in [2.05, 4.69) is 0 Å². The molecule has 20 heavy (non-hydrogen) atoms. The molecule has 7 heteroatoms. The van der Waals surface area contributed by atoms with Gasteiger partial charge in [0.2, 0.25) is 5.91 Å². The van der Waals surface area contributed by atoms with Gasteiger partial charge in [-0.15, -0.1) is 0 Å². The first-order valence-electron chi connectivity index (χ1n) is 7.01. The number of amides is 1. The van der Waals surface area contributed by atoms with Gasteiger partial charge in [-0.1, -0.05) is 0 Å². The first-order chi connectivity index (χ1) is 9.20. The van der Waals surface area contributed by atoms with Crippen LogP contribution in [-0.2, 0) is 19.4 Å². The second-order valence-corrected chi connectivity index (χ2v) is 8.35. The Morgan fingerprint density at radius 2 is 1.90 bits per heavy atom. The van der Waals surface area contributed by atoms with Crippen LogP contribution < -0.4 is 5.73 Å². The minimum atomic E-state index is -3.42. The van der Waals surface area contributed by atoms with Crippen LogP contribution in [0.25, 0.3) is 0 Å². The zero-order valence-electron chi connectivity index (χ0n) is 12.6. The molecule has 2 N–H and O–H groups in total. The molecule has 0 atom stereocenters. The SMILES string of the molecule is CC(C)(C(=O)N1CCC(OCCCN)CC1)S(C)(=O)=O. The zero-order chi connectivity index (χ0) is 15.4. The maximum absolute atomic E-state index is 12.3. The number of hydrogen-bond acceptors (Lipinski definition) is 5. The average molecular weight is 306 g/mol. The van der Waals surface area contributed by atoms with E-state index in [4.69, 9.17) is 10.5 Å². The van der Waals surface area contributed by atoms with E-state index >= 15 is 0 Å². The van der Waals surface area contributed by atoms with Gasteiger partial charge in [0.25, 0.3) is 0 Å². The summed E-state index contributed by atoms with van der Waals surface area (Å²) in [7, 11) is -3.42. The fourth-order valence-corrected chi connectivity index (χ4v) is 2.54. The minimum absolute atomic E-state index is 0.145. The van der Waals surface area contributed by atoms with Gasteiger partial charge < -0.3 is 15.4 Å². The molecule has 0 bridgehead atoms. The highest BCUT2D eigenvalue weighted by Crippen LogP contribution is 2.22. The number of carbonyl (C=O) groups is 1. The van der Waals surface area contributed by atoms with Crippen molar-refractivity contribution in [3.05, 3.63) is 0 Å². The highest BCUT2D eigenvalue weighted by Gasteiger charge is 2.42. The number of nitrogens with zero attached hydrogens (tertiary/aromatic N) is 1. The standard InChI is InChI=1S/C13H26N2O4S/c1-13(2,20(3,17)18)12(16)15-8-5-11(6-9-15)19-10-4-7-14/h11H,4-10,14H2,1-3H3. The fourth-order valence-electron chi connectivity index (χ4n) is 2.10. The predicted molar refractivity (Wildman–Crippen MR) is 78.1 cm³/mol. The maximum Gasteiger partial charge on any atom is 0.243 e. The summed E-state index contributed by atoms with van der Waals surface area (Å²) in [6.45, 7) is 5.28. The molecule has 0 aromatic carbocycles. The Morgan fingerprint density at radius 1 is 1.35 bits per heavy atom. The lowest BCUT2D eigenvalue weighted by atomic mass is 10.1. The van der Waals surface area contributed by atoms with E-state index in [1.807, 2.05) is 0 Å². The van der Waals surface area contributed by atoms with Crippen LogP contribution in [0.3, 0.4) is 0 Å². The van der Waals surface area contributed by atoms with Crippen molar-refractivity contribution in [2.24, 2.45) is 5.73 Å². The Bertz CT molecular complexity index is 426. The van der Waals surface area contributed by atoms with Crippen LogP contribution in [0.5, 0.6) is 0 Å². The molecule has 0 saturated carbocycles. The lowest BCUT2D eigenvalue weighted by Gasteiger charge is -2.36. The van der Waals surface area contributed by atoms with Crippen molar-refractivity contribution in [1.82, 2.24) is 4.90 Å². The molecule has 0 spiro atoms. The number of likely N-dealkylation sites (tertiary alicyclic amines) is 1. The third kappa shape index (κ3) is 4.17. The first kappa shape index (κ1) is 17.4. The molecule has 1 rings (SSSR count). The monoisotopic (exact) mass is 306 g/mol. The van der Waals surface area contributed by atoms with E-state index in [1.165, 1.54) is 13.8 Å². The highest BCUT2D eigenvalue weighted by atomic mass is 32.2. The summed E-state index contributed by atoms with van der Waals surface area (Å²) in [5, 5.41) is 0. The van der Waals surface area contributed by atoms with Crippen LogP contribution >= 0.6 is 0 Å². The summed E-state index contributed by atoms with van der Waals surface area (Å²) in [5.74, 6) is -0.319. The van der Waals surface area contributed by atoms with Gasteiger partial charge in [-0.05, 0) is 39.7 Å². The smallest absolute Gasteiger partial charge is 0.243 e. The number of piperidine rings is 1. The third-order valence-electron chi connectivity index (χ3n) is 3.87. The van der Waals surface area contributed by atoms with Gasteiger partial charge in [-0.3, -0.25) is 4.79 Å². The van der Waals surface area contributed by atoms with Gasteiger partial charge in [-0.25, -0.2) is 8.42 Å².